The molecule has 1 aromatic carbocycles. The molecule has 1 atom stereocenters. The Hall–Kier alpha value is -0.890. The highest BCUT2D eigenvalue weighted by molar-refractivity contribution is 9.10. The molecule has 1 unspecified atom stereocenters. The van der Waals surface area contributed by atoms with Crippen LogP contribution >= 0.6 is 27.3 Å². The van der Waals surface area contributed by atoms with E-state index in [0.29, 0.717) is 10.6 Å². The van der Waals surface area contributed by atoms with E-state index >= 15 is 0 Å². The van der Waals surface area contributed by atoms with Crippen molar-refractivity contribution in [2.24, 2.45) is 5.84 Å². The van der Waals surface area contributed by atoms with Crippen molar-refractivity contribution in [3.8, 4) is 0 Å². The molecule has 0 aliphatic heterocycles. The van der Waals surface area contributed by atoms with Gasteiger partial charge in [0.25, 0.3) is 0 Å². The van der Waals surface area contributed by atoms with Crippen LogP contribution in [-0.2, 0) is 0 Å². The highest BCUT2D eigenvalue weighted by Gasteiger charge is 2.25. The van der Waals surface area contributed by atoms with E-state index in [-0.39, 0.29) is 10.0 Å². The molecule has 0 spiro atoms. The third-order valence-electron chi connectivity index (χ3n) is 2.58. The number of halogens is 3. The first-order valence-electron chi connectivity index (χ1n) is 5.05. The number of aromatic nitrogens is 1. The largest absolute Gasteiger partial charge is 0.271 e. The van der Waals surface area contributed by atoms with Crippen LogP contribution in [0.1, 0.15) is 22.2 Å². The van der Waals surface area contributed by atoms with Crippen LogP contribution in [0, 0.1) is 18.6 Å². The summed E-state index contributed by atoms with van der Waals surface area (Å²) in [6.07, 6.45) is 0. The highest BCUT2D eigenvalue weighted by Crippen LogP contribution is 2.33. The van der Waals surface area contributed by atoms with Crippen molar-refractivity contribution in [1.82, 2.24) is 10.4 Å². The van der Waals surface area contributed by atoms with E-state index in [2.05, 4.69) is 26.3 Å². The SMILES string of the molecule is Cc1ncsc1C(NN)c1c(F)ccc(Br)c1F. The third-order valence-corrected chi connectivity index (χ3v) is 4.19. The van der Waals surface area contributed by atoms with Gasteiger partial charge in [-0.3, -0.25) is 5.84 Å². The summed E-state index contributed by atoms with van der Waals surface area (Å²) >= 11 is 4.34. The molecule has 1 heterocycles. The quantitative estimate of drug-likeness (QED) is 0.515. The van der Waals surface area contributed by atoms with Crippen molar-refractivity contribution < 1.29 is 8.78 Å². The number of thiazole rings is 1. The normalized spacial score (nSPS) is 12.7. The van der Waals surface area contributed by atoms with Gasteiger partial charge in [0.05, 0.1) is 26.6 Å². The summed E-state index contributed by atoms with van der Waals surface area (Å²) in [4.78, 5) is 4.75. The fourth-order valence-corrected chi connectivity index (χ4v) is 2.90. The van der Waals surface area contributed by atoms with Crippen molar-refractivity contribution in [2.75, 3.05) is 0 Å². The molecule has 0 aliphatic carbocycles. The van der Waals surface area contributed by atoms with Crippen LogP contribution in [0.5, 0.6) is 0 Å². The van der Waals surface area contributed by atoms with Gasteiger partial charge in [-0.15, -0.1) is 11.3 Å². The fourth-order valence-electron chi connectivity index (χ4n) is 1.69. The zero-order valence-electron chi connectivity index (χ0n) is 9.38. The van der Waals surface area contributed by atoms with Crippen molar-refractivity contribution >= 4 is 27.3 Å². The Balaban J connectivity index is 2.59. The minimum atomic E-state index is -0.755. The van der Waals surface area contributed by atoms with E-state index in [9.17, 15) is 8.78 Å². The van der Waals surface area contributed by atoms with Gasteiger partial charge in [0.1, 0.15) is 11.6 Å². The van der Waals surface area contributed by atoms with Crippen LogP contribution in [0.15, 0.2) is 22.1 Å². The average molecular weight is 334 g/mol. The molecule has 0 amide bonds. The predicted molar refractivity (Wildman–Crippen MR) is 70.1 cm³/mol. The maximum absolute atomic E-state index is 14.0. The minimum absolute atomic E-state index is 0.112. The lowest BCUT2D eigenvalue weighted by atomic mass is 10.0. The van der Waals surface area contributed by atoms with Crippen LogP contribution in [0.2, 0.25) is 0 Å². The van der Waals surface area contributed by atoms with Gasteiger partial charge in [-0.25, -0.2) is 19.2 Å². The lowest BCUT2D eigenvalue weighted by molar-refractivity contribution is 0.509. The van der Waals surface area contributed by atoms with Crippen molar-refractivity contribution in [2.45, 2.75) is 13.0 Å². The molecule has 3 N–H and O–H groups in total. The third kappa shape index (κ3) is 2.31. The van der Waals surface area contributed by atoms with Gasteiger partial charge in [0.2, 0.25) is 0 Å². The Labute approximate surface area is 115 Å². The molecule has 0 saturated heterocycles. The molecule has 3 nitrogen and oxygen atoms in total. The smallest absolute Gasteiger partial charge is 0.145 e. The number of hydrogen-bond donors (Lipinski definition) is 2. The Morgan fingerprint density at radius 1 is 1.44 bits per heavy atom. The van der Waals surface area contributed by atoms with E-state index in [4.69, 9.17) is 5.84 Å². The summed E-state index contributed by atoms with van der Waals surface area (Å²) in [7, 11) is 0. The molecule has 1 aromatic heterocycles. The number of nitrogens with zero attached hydrogens (tertiary/aromatic N) is 1. The number of rotatable bonds is 3. The van der Waals surface area contributed by atoms with E-state index in [1.807, 2.05) is 0 Å². The van der Waals surface area contributed by atoms with Crippen LogP contribution in [0.3, 0.4) is 0 Å². The number of hydrazine groups is 1. The van der Waals surface area contributed by atoms with Crippen molar-refractivity contribution in [1.29, 1.82) is 0 Å². The Kier molecular flexibility index (Phi) is 4.06. The van der Waals surface area contributed by atoms with Gasteiger partial charge in [0, 0.05) is 5.56 Å². The van der Waals surface area contributed by atoms with E-state index in [1.165, 1.54) is 23.5 Å². The van der Waals surface area contributed by atoms with Gasteiger partial charge in [-0.2, -0.15) is 0 Å². The molecule has 7 heteroatoms. The van der Waals surface area contributed by atoms with Crippen molar-refractivity contribution in [3.63, 3.8) is 0 Å². The van der Waals surface area contributed by atoms with Crippen LogP contribution in [0.25, 0.3) is 0 Å². The second-order valence-electron chi connectivity index (χ2n) is 3.66. The standard InChI is InChI=1S/C11H10BrF2N3S/c1-5-11(18-4-16-5)10(17-15)8-7(13)3-2-6(12)9(8)14/h2-4,10,17H,15H2,1H3. The molecule has 0 bridgehead atoms. The number of aryl methyl sites for hydroxylation is 1. The number of benzene rings is 1. The van der Waals surface area contributed by atoms with Gasteiger partial charge in [0.15, 0.2) is 0 Å². The van der Waals surface area contributed by atoms with Gasteiger partial charge < -0.3 is 0 Å². The molecule has 18 heavy (non-hydrogen) atoms. The molecule has 2 rings (SSSR count). The molecule has 0 fully saturated rings. The fraction of sp³-hybridized carbons (Fsp3) is 0.182. The first-order chi connectivity index (χ1) is 8.56. The molecule has 0 aliphatic rings. The highest BCUT2D eigenvalue weighted by atomic mass is 79.9. The van der Waals surface area contributed by atoms with Crippen LogP contribution in [-0.4, -0.2) is 4.98 Å². The zero-order chi connectivity index (χ0) is 13.3. The second-order valence-corrected chi connectivity index (χ2v) is 5.40. The van der Waals surface area contributed by atoms with Gasteiger partial charge in [-0.1, -0.05) is 0 Å². The van der Waals surface area contributed by atoms with Crippen molar-refractivity contribution in [3.05, 3.63) is 49.9 Å². The average Bonchev–Trinajstić information content (AvgIpc) is 2.76. The van der Waals surface area contributed by atoms with E-state index in [0.717, 1.165) is 0 Å². The maximum Gasteiger partial charge on any atom is 0.145 e. The van der Waals surface area contributed by atoms with E-state index < -0.39 is 17.7 Å². The van der Waals surface area contributed by atoms with Crippen LogP contribution in [0.4, 0.5) is 8.78 Å². The first-order valence-corrected chi connectivity index (χ1v) is 6.73. The zero-order valence-corrected chi connectivity index (χ0v) is 11.8. The molecule has 2 aromatic rings. The summed E-state index contributed by atoms with van der Waals surface area (Å²) in [5.41, 5.74) is 4.64. The molecule has 0 saturated carbocycles. The number of hydrogen-bond acceptors (Lipinski definition) is 4. The summed E-state index contributed by atoms with van der Waals surface area (Å²) in [6, 6.07) is 1.76. The number of nitrogens with two attached hydrogens (primary N) is 1. The first kappa shape index (κ1) is 13.5. The minimum Gasteiger partial charge on any atom is -0.271 e. The summed E-state index contributed by atoms with van der Waals surface area (Å²) in [5.74, 6) is 4.12. The maximum atomic E-state index is 14.0. The Morgan fingerprint density at radius 3 is 2.72 bits per heavy atom. The topological polar surface area (TPSA) is 50.9 Å². The molecular formula is C11H10BrF2N3S. The van der Waals surface area contributed by atoms with Gasteiger partial charge >= 0.3 is 0 Å². The summed E-state index contributed by atoms with van der Waals surface area (Å²) in [6.45, 7) is 1.77. The monoisotopic (exact) mass is 333 g/mol. The second kappa shape index (κ2) is 5.40. The Bertz CT molecular complexity index is 573. The Morgan fingerprint density at radius 2 is 2.17 bits per heavy atom. The molecule has 0 radical (unpaired) electrons. The van der Waals surface area contributed by atoms with Crippen LogP contribution < -0.4 is 11.3 Å². The summed E-state index contributed by atoms with van der Waals surface area (Å²) < 4.78 is 28.0. The number of nitrogens with one attached hydrogen (secondary N) is 1. The predicted octanol–water partition coefficient (Wildman–Crippen LogP) is 3.04. The molecule has 96 valence electrons. The van der Waals surface area contributed by atoms with Gasteiger partial charge in [-0.05, 0) is 35.0 Å². The van der Waals surface area contributed by atoms with E-state index in [1.54, 1.807) is 12.4 Å². The summed E-state index contributed by atoms with van der Waals surface area (Å²) in [5, 5.41) is 0. The lowest BCUT2D eigenvalue weighted by Crippen LogP contribution is -2.30. The molecular weight excluding hydrogens is 324 g/mol. The lowest BCUT2D eigenvalue weighted by Gasteiger charge is -2.17.